The number of hydrogen-bond acceptors (Lipinski definition) is 5. The number of halogens is 1. The predicted molar refractivity (Wildman–Crippen MR) is 138 cm³/mol. The number of benzene rings is 2. The minimum atomic E-state index is -0.372. The van der Waals surface area contributed by atoms with Crippen molar-refractivity contribution in [1.29, 1.82) is 0 Å². The third-order valence-corrected chi connectivity index (χ3v) is 7.96. The second-order valence-electron chi connectivity index (χ2n) is 10.4. The van der Waals surface area contributed by atoms with Crippen LogP contribution in [0, 0.1) is 11.7 Å². The van der Waals surface area contributed by atoms with Gasteiger partial charge in [-0.2, -0.15) is 0 Å². The summed E-state index contributed by atoms with van der Waals surface area (Å²) < 4.78 is 25.3. The van der Waals surface area contributed by atoms with Gasteiger partial charge in [-0.1, -0.05) is 18.2 Å². The zero-order valence-corrected chi connectivity index (χ0v) is 21.5. The number of ether oxygens (including phenoxy) is 2. The van der Waals surface area contributed by atoms with E-state index in [2.05, 4.69) is 22.3 Å². The zero-order chi connectivity index (χ0) is 25.8. The summed E-state index contributed by atoms with van der Waals surface area (Å²) in [5.41, 5.74) is 1.84. The van der Waals surface area contributed by atoms with Crippen LogP contribution in [-0.4, -0.2) is 67.6 Å². The maximum Gasteiger partial charge on any atom is 0.239 e. The molecule has 3 heterocycles. The molecule has 0 unspecified atom stereocenters. The van der Waals surface area contributed by atoms with Crippen molar-refractivity contribution in [3.63, 3.8) is 0 Å². The Hall–Kier alpha value is -3.13. The number of carbonyl (C=O) groups excluding carboxylic acids is 2. The monoisotopic (exact) mass is 509 g/mol. The van der Waals surface area contributed by atoms with Crippen molar-refractivity contribution in [3.05, 3.63) is 59.4 Å². The van der Waals surface area contributed by atoms with Crippen LogP contribution in [0.1, 0.15) is 49.3 Å². The first-order valence-corrected chi connectivity index (χ1v) is 13.4. The highest BCUT2D eigenvalue weighted by molar-refractivity contribution is 5.85. The summed E-state index contributed by atoms with van der Waals surface area (Å²) in [5.74, 6) is 1.13. The fraction of sp³-hybridized carbons (Fsp3) is 0.517. The molecule has 0 saturated carbocycles. The van der Waals surface area contributed by atoms with E-state index in [0.29, 0.717) is 49.7 Å². The van der Waals surface area contributed by atoms with Gasteiger partial charge in [-0.15, -0.1) is 0 Å². The van der Waals surface area contributed by atoms with Gasteiger partial charge in [0, 0.05) is 25.2 Å². The topological polar surface area (TPSA) is 71.1 Å². The summed E-state index contributed by atoms with van der Waals surface area (Å²) in [6.07, 6.45) is 4.73. The summed E-state index contributed by atoms with van der Waals surface area (Å²) in [4.78, 5) is 30.2. The molecule has 3 aliphatic heterocycles. The van der Waals surface area contributed by atoms with Crippen molar-refractivity contribution >= 4 is 11.8 Å². The number of rotatable bonds is 3. The van der Waals surface area contributed by atoms with Crippen LogP contribution < -0.4 is 14.8 Å². The predicted octanol–water partition coefficient (Wildman–Crippen LogP) is 3.72. The molecule has 8 heteroatoms. The van der Waals surface area contributed by atoms with Gasteiger partial charge in [0.2, 0.25) is 11.8 Å². The van der Waals surface area contributed by atoms with Gasteiger partial charge in [0.1, 0.15) is 5.82 Å². The average Bonchev–Trinajstić information content (AvgIpc) is 3.49. The molecule has 0 spiro atoms. The quantitative estimate of drug-likeness (QED) is 0.683. The maximum absolute atomic E-state index is 13.6. The summed E-state index contributed by atoms with van der Waals surface area (Å²) in [5, 5.41) is 3.12. The first-order valence-electron chi connectivity index (χ1n) is 13.4. The molecule has 7 nitrogen and oxygen atoms in total. The number of methoxy groups -OCH3 is 1. The largest absolute Gasteiger partial charge is 0.493 e. The normalized spacial score (nSPS) is 24.8. The third-order valence-electron chi connectivity index (χ3n) is 7.96. The smallest absolute Gasteiger partial charge is 0.239 e. The Bertz CT molecular complexity index is 1130. The van der Waals surface area contributed by atoms with E-state index in [1.54, 1.807) is 24.1 Å². The Morgan fingerprint density at radius 1 is 1.16 bits per heavy atom. The van der Waals surface area contributed by atoms with Gasteiger partial charge in [0.15, 0.2) is 11.5 Å². The van der Waals surface area contributed by atoms with Gasteiger partial charge in [-0.3, -0.25) is 14.5 Å². The fourth-order valence-electron chi connectivity index (χ4n) is 6.13. The molecule has 0 aliphatic carbocycles. The van der Waals surface area contributed by atoms with E-state index in [1.807, 2.05) is 6.07 Å². The molecule has 2 fully saturated rings. The summed E-state index contributed by atoms with van der Waals surface area (Å²) in [6, 6.07) is 13.0. The molecule has 0 radical (unpaired) electrons. The Balaban J connectivity index is 1.34. The Morgan fingerprint density at radius 3 is 2.89 bits per heavy atom. The molecule has 1 N–H and O–H groups in total. The van der Waals surface area contributed by atoms with Gasteiger partial charge in [-0.25, -0.2) is 4.39 Å². The lowest BCUT2D eigenvalue weighted by Gasteiger charge is -2.25. The second kappa shape index (κ2) is 11.5. The molecule has 4 bridgehead atoms. The average molecular weight is 510 g/mol. The number of carbonyl (C=O) groups is 2. The van der Waals surface area contributed by atoms with E-state index in [4.69, 9.17) is 9.47 Å². The summed E-state index contributed by atoms with van der Waals surface area (Å²) >= 11 is 0. The van der Waals surface area contributed by atoms with Gasteiger partial charge < -0.3 is 19.7 Å². The Morgan fingerprint density at radius 2 is 2.05 bits per heavy atom. The Kier molecular flexibility index (Phi) is 7.93. The molecule has 3 atom stereocenters. The number of nitrogens with one attached hydrogen (secondary N) is 1. The summed E-state index contributed by atoms with van der Waals surface area (Å²) in [6.45, 7) is 2.58. The maximum atomic E-state index is 13.6. The number of fused-ring (bicyclic) bond motifs is 8. The van der Waals surface area contributed by atoms with Gasteiger partial charge >= 0.3 is 0 Å². The van der Waals surface area contributed by atoms with E-state index >= 15 is 0 Å². The minimum absolute atomic E-state index is 0.00635. The zero-order valence-electron chi connectivity index (χ0n) is 21.5. The van der Waals surface area contributed by atoms with E-state index < -0.39 is 0 Å². The first kappa shape index (κ1) is 25.5. The van der Waals surface area contributed by atoms with Gasteiger partial charge in [0.25, 0.3) is 0 Å². The lowest BCUT2D eigenvalue weighted by molar-refractivity contribution is -0.135. The molecule has 0 aromatic heterocycles. The number of amides is 2. The second-order valence-corrected chi connectivity index (χ2v) is 10.4. The van der Waals surface area contributed by atoms with Crippen LogP contribution >= 0.6 is 0 Å². The standard InChI is InChI=1S/C29H36FN3O4/c1-36-26-10-9-21-17-27(26)37-13-3-2-11-32(29(35)15-20-6-4-7-23(30)14-20)19-28(34)31-18-22-16-25(21)33-12-5-8-24(22)33/h4,6-7,9-10,14,17,22,24-25H,2-3,5,8,11-13,15-16,18-19H2,1H3,(H,31,34)/t22-,24+,25-/m1/s1. The molecular formula is C29H36FN3O4. The lowest BCUT2D eigenvalue weighted by Crippen LogP contribution is -2.44. The van der Waals surface area contributed by atoms with E-state index in [9.17, 15) is 14.0 Å². The van der Waals surface area contributed by atoms with Crippen LogP contribution in [0.15, 0.2) is 42.5 Å². The van der Waals surface area contributed by atoms with Crippen LogP contribution in [0.4, 0.5) is 4.39 Å². The number of hydrogen-bond donors (Lipinski definition) is 1. The molecular weight excluding hydrogens is 473 g/mol. The van der Waals surface area contributed by atoms with E-state index in [-0.39, 0.29) is 30.6 Å². The van der Waals surface area contributed by atoms with Crippen molar-refractivity contribution < 1.29 is 23.5 Å². The highest BCUT2D eigenvalue weighted by atomic mass is 19.1. The van der Waals surface area contributed by atoms with Crippen LogP contribution in [0.3, 0.4) is 0 Å². The molecule has 2 saturated heterocycles. The van der Waals surface area contributed by atoms with Gasteiger partial charge in [-0.05, 0) is 80.0 Å². The molecule has 198 valence electrons. The van der Waals surface area contributed by atoms with Crippen LogP contribution in [0.5, 0.6) is 11.5 Å². The highest BCUT2D eigenvalue weighted by Gasteiger charge is 2.44. The van der Waals surface area contributed by atoms with Crippen LogP contribution in [0.25, 0.3) is 0 Å². The third kappa shape index (κ3) is 5.90. The van der Waals surface area contributed by atoms with E-state index in [0.717, 1.165) is 43.7 Å². The fourth-order valence-corrected chi connectivity index (χ4v) is 6.13. The first-order chi connectivity index (χ1) is 18.0. The van der Waals surface area contributed by atoms with Gasteiger partial charge in [0.05, 0.1) is 26.7 Å². The molecule has 37 heavy (non-hydrogen) atoms. The summed E-state index contributed by atoms with van der Waals surface area (Å²) in [7, 11) is 1.65. The minimum Gasteiger partial charge on any atom is -0.493 e. The SMILES string of the molecule is COc1ccc2cc1OCCCCN(C(=O)Cc1cccc(F)c1)CC(=O)NC[C@H]1C[C@H]2N2CCC[C@@H]12. The highest BCUT2D eigenvalue weighted by Crippen LogP contribution is 2.46. The number of nitrogens with zero attached hydrogens (tertiary/aromatic N) is 2. The Labute approximate surface area is 217 Å². The molecule has 3 aliphatic rings. The van der Waals surface area contributed by atoms with Crippen LogP contribution in [0.2, 0.25) is 0 Å². The molecule has 2 amide bonds. The van der Waals surface area contributed by atoms with Crippen LogP contribution in [-0.2, 0) is 16.0 Å². The van der Waals surface area contributed by atoms with Crippen molar-refractivity contribution in [2.45, 2.75) is 50.6 Å². The molecule has 2 aromatic rings. The van der Waals surface area contributed by atoms with E-state index in [1.165, 1.54) is 17.7 Å². The van der Waals surface area contributed by atoms with Crippen molar-refractivity contribution in [3.8, 4) is 11.5 Å². The molecule has 2 aromatic carbocycles. The van der Waals surface area contributed by atoms with Crippen molar-refractivity contribution in [2.24, 2.45) is 5.92 Å². The molecule has 5 rings (SSSR count). The van der Waals surface area contributed by atoms with Crippen molar-refractivity contribution in [1.82, 2.24) is 15.1 Å². The lowest BCUT2D eigenvalue weighted by atomic mass is 9.94. The van der Waals surface area contributed by atoms with Crippen molar-refractivity contribution in [2.75, 3.05) is 39.9 Å².